The molecule has 2 aromatic carbocycles. The van der Waals surface area contributed by atoms with Crippen LogP contribution in [0.5, 0.6) is 5.75 Å². The largest absolute Gasteiger partial charge is 0.425 e. The lowest BCUT2D eigenvalue weighted by Gasteiger charge is -2.09. The van der Waals surface area contributed by atoms with Gasteiger partial charge in [-0.1, -0.05) is 30.3 Å². The summed E-state index contributed by atoms with van der Waals surface area (Å²) < 4.78 is 10.3. The second-order valence-electron chi connectivity index (χ2n) is 5.74. The van der Waals surface area contributed by atoms with E-state index in [4.69, 9.17) is 9.15 Å². The molecule has 4 rings (SSSR count). The van der Waals surface area contributed by atoms with E-state index in [1.54, 1.807) is 12.1 Å². The highest BCUT2D eigenvalue weighted by Gasteiger charge is 2.39. The smallest absolute Gasteiger partial charge is 0.336 e. The molecule has 1 amide bonds. The molecule has 6 heteroatoms. The van der Waals surface area contributed by atoms with Crippen LogP contribution in [0.2, 0.25) is 0 Å². The van der Waals surface area contributed by atoms with E-state index in [0.29, 0.717) is 23.1 Å². The Morgan fingerprint density at radius 2 is 1.84 bits per heavy atom. The average Bonchev–Trinajstić information content (AvgIpc) is 2.93. The highest BCUT2D eigenvalue weighted by molar-refractivity contribution is 6.08. The highest BCUT2D eigenvalue weighted by Crippen LogP contribution is 2.37. The minimum atomic E-state index is -1.03. The maximum Gasteiger partial charge on any atom is 0.336 e. The van der Waals surface area contributed by atoms with Gasteiger partial charge in [-0.2, -0.15) is 0 Å². The minimum absolute atomic E-state index is 0.242. The first-order valence-electron chi connectivity index (χ1n) is 7.73. The Balaban J connectivity index is 1.63. The maximum atomic E-state index is 12.5. The van der Waals surface area contributed by atoms with Crippen molar-refractivity contribution in [2.45, 2.75) is 12.5 Å². The van der Waals surface area contributed by atoms with Crippen molar-refractivity contribution in [3.63, 3.8) is 0 Å². The third-order valence-electron chi connectivity index (χ3n) is 4.08. The van der Waals surface area contributed by atoms with Crippen LogP contribution in [0, 0.1) is 0 Å². The number of esters is 1. The van der Waals surface area contributed by atoms with Crippen LogP contribution < -0.4 is 15.7 Å². The van der Waals surface area contributed by atoms with Crippen molar-refractivity contribution in [3.8, 4) is 5.75 Å². The highest BCUT2D eigenvalue weighted by atomic mass is 16.5. The number of ether oxygens (including phenoxy) is 1. The summed E-state index contributed by atoms with van der Waals surface area (Å²) in [6.07, 6.45) is 0. The van der Waals surface area contributed by atoms with Crippen LogP contribution >= 0.6 is 0 Å². The Morgan fingerprint density at radius 1 is 1.04 bits per heavy atom. The lowest BCUT2D eigenvalue weighted by atomic mass is 9.98. The summed E-state index contributed by atoms with van der Waals surface area (Å²) in [7, 11) is 0. The van der Waals surface area contributed by atoms with Gasteiger partial charge in [-0.3, -0.25) is 9.59 Å². The topological polar surface area (TPSA) is 85.6 Å². The van der Waals surface area contributed by atoms with E-state index >= 15 is 0 Å². The monoisotopic (exact) mass is 335 g/mol. The van der Waals surface area contributed by atoms with Gasteiger partial charge in [0.1, 0.15) is 11.3 Å². The number of carbonyl (C=O) groups excluding carboxylic acids is 2. The standard InChI is InChI=1S/C19H13NO5/c21-16-7-6-12-8-13-15(9-14(12)24-16)25-19(23)17(13)18(22)20-10-11-4-2-1-3-5-11/h1-9,17H,10H2,(H,20,22). The third-order valence-corrected chi connectivity index (χ3v) is 4.08. The number of nitrogens with one attached hydrogen (secondary N) is 1. The van der Waals surface area contributed by atoms with E-state index in [1.807, 2.05) is 30.3 Å². The zero-order valence-corrected chi connectivity index (χ0v) is 13.0. The number of benzene rings is 2. The van der Waals surface area contributed by atoms with Crippen molar-refractivity contribution < 1.29 is 18.7 Å². The molecular formula is C19H13NO5. The first kappa shape index (κ1) is 15.1. The molecule has 1 N–H and O–H groups in total. The predicted molar refractivity (Wildman–Crippen MR) is 89.1 cm³/mol. The summed E-state index contributed by atoms with van der Waals surface area (Å²) in [6.45, 7) is 0.321. The number of amides is 1. The molecule has 3 aromatic rings. The van der Waals surface area contributed by atoms with Crippen molar-refractivity contribution in [1.29, 1.82) is 0 Å². The molecule has 0 bridgehead atoms. The number of rotatable bonds is 3. The van der Waals surface area contributed by atoms with Gasteiger partial charge in [0.15, 0.2) is 5.92 Å². The SMILES string of the molecule is O=C(NCc1ccccc1)C1C(=O)Oc2cc3oc(=O)ccc3cc21. The van der Waals surface area contributed by atoms with Gasteiger partial charge < -0.3 is 14.5 Å². The van der Waals surface area contributed by atoms with Gasteiger partial charge in [0.05, 0.1) is 0 Å². The van der Waals surface area contributed by atoms with Crippen molar-refractivity contribution in [2.75, 3.05) is 0 Å². The van der Waals surface area contributed by atoms with E-state index in [0.717, 1.165) is 5.56 Å². The lowest BCUT2D eigenvalue weighted by molar-refractivity contribution is -0.138. The predicted octanol–water partition coefficient (Wildman–Crippen LogP) is 2.11. The molecule has 1 unspecified atom stereocenters. The molecule has 0 fully saturated rings. The number of hydrogen-bond acceptors (Lipinski definition) is 5. The molecule has 0 spiro atoms. The van der Waals surface area contributed by atoms with Crippen LogP contribution in [0.1, 0.15) is 17.0 Å². The van der Waals surface area contributed by atoms with E-state index in [9.17, 15) is 14.4 Å². The van der Waals surface area contributed by atoms with Crippen LogP contribution in [0.25, 0.3) is 11.0 Å². The quantitative estimate of drug-likeness (QED) is 0.343. The summed E-state index contributed by atoms with van der Waals surface area (Å²) in [5, 5.41) is 3.38. The van der Waals surface area contributed by atoms with Crippen LogP contribution in [0.4, 0.5) is 0 Å². The average molecular weight is 335 g/mol. The molecule has 25 heavy (non-hydrogen) atoms. The molecule has 0 aliphatic carbocycles. The molecule has 1 atom stereocenters. The fourth-order valence-corrected chi connectivity index (χ4v) is 2.86. The first-order valence-corrected chi connectivity index (χ1v) is 7.73. The van der Waals surface area contributed by atoms with Gasteiger partial charge in [0.2, 0.25) is 5.91 Å². The molecule has 2 heterocycles. The molecule has 0 saturated carbocycles. The van der Waals surface area contributed by atoms with Crippen molar-refractivity contribution in [1.82, 2.24) is 5.32 Å². The summed E-state index contributed by atoms with van der Waals surface area (Å²) in [4.78, 5) is 36.0. The second kappa shape index (κ2) is 5.90. The summed E-state index contributed by atoms with van der Waals surface area (Å²) in [5.74, 6) is -1.86. The van der Waals surface area contributed by atoms with E-state index < -0.39 is 23.4 Å². The Hall–Kier alpha value is -3.41. The Morgan fingerprint density at radius 3 is 2.64 bits per heavy atom. The molecule has 124 valence electrons. The molecular weight excluding hydrogens is 322 g/mol. The summed E-state index contributed by atoms with van der Waals surface area (Å²) in [6, 6.07) is 15.4. The minimum Gasteiger partial charge on any atom is -0.425 e. The van der Waals surface area contributed by atoms with Crippen LogP contribution in [0.15, 0.2) is 63.8 Å². The summed E-state index contributed by atoms with van der Waals surface area (Å²) >= 11 is 0. The Bertz CT molecular complexity index is 1040. The van der Waals surface area contributed by atoms with Crippen LogP contribution in [-0.2, 0) is 16.1 Å². The summed E-state index contributed by atoms with van der Waals surface area (Å²) in [5.41, 5.74) is 1.22. The van der Waals surface area contributed by atoms with E-state index in [-0.39, 0.29) is 5.75 Å². The van der Waals surface area contributed by atoms with Gasteiger partial charge >= 0.3 is 11.6 Å². The molecule has 0 radical (unpaired) electrons. The second-order valence-corrected chi connectivity index (χ2v) is 5.74. The van der Waals surface area contributed by atoms with E-state index in [2.05, 4.69) is 5.32 Å². The van der Waals surface area contributed by atoms with Crippen molar-refractivity contribution in [3.05, 3.63) is 76.1 Å². The first-order chi connectivity index (χ1) is 12.1. The van der Waals surface area contributed by atoms with Gasteiger partial charge in [0, 0.05) is 29.6 Å². The van der Waals surface area contributed by atoms with Crippen LogP contribution in [0.3, 0.4) is 0 Å². The molecule has 1 aliphatic rings. The number of carbonyl (C=O) groups is 2. The number of fused-ring (bicyclic) bond motifs is 2. The fraction of sp³-hybridized carbons (Fsp3) is 0.105. The van der Waals surface area contributed by atoms with Gasteiger partial charge in [-0.25, -0.2) is 4.79 Å². The van der Waals surface area contributed by atoms with Crippen molar-refractivity contribution >= 4 is 22.8 Å². The zero-order chi connectivity index (χ0) is 17.4. The van der Waals surface area contributed by atoms with Crippen molar-refractivity contribution in [2.24, 2.45) is 0 Å². The van der Waals surface area contributed by atoms with Gasteiger partial charge in [-0.15, -0.1) is 0 Å². The molecule has 1 aliphatic heterocycles. The Labute approximate surface area is 142 Å². The third kappa shape index (κ3) is 2.78. The zero-order valence-electron chi connectivity index (χ0n) is 13.0. The maximum absolute atomic E-state index is 12.5. The molecule has 1 aromatic heterocycles. The molecule has 6 nitrogen and oxygen atoms in total. The normalized spacial score (nSPS) is 15.7. The molecule has 0 saturated heterocycles. The Kier molecular flexibility index (Phi) is 3.57. The van der Waals surface area contributed by atoms with Crippen LogP contribution in [-0.4, -0.2) is 11.9 Å². The fourth-order valence-electron chi connectivity index (χ4n) is 2.86. The van der Waals surface area contributed by atoms with Gasteiger partial charge in [-0.05, 0) is 17.7 Å². The van der Waals surface area contributed by atoms with Gasteiger partial charge in [0.25, 0.3) is 0 Å². The van der Waals surface area contributed by atoms with E-state index in [1.165, 1.54) is 12.1 Å². The number of hydrogen-bond donors (Lipinski definition) is 1. The lowest BCUT2D eigenvalue weighted by Crippen LogP contribution is -2.32.